The quantitative estimate of drug-likeness (QED) is 0.130. The summed E-state index contributed by atoms with van der Waals surface area (Å²) in [6.45, 7) is 5.51. The van der Waals surface area contributed by atoms with Crippen molar-refractivity contribution in [2.45, 2.75) is 57.5 Å². The van der Waals surface area contributed by atoms with E-state index in [1.807, 2.05) is 51.1 Å². The Morgan fingerprint density at radius 2 is 1.54 bits per heavy atom. The summed E-state index contributed by atoms with van der Waals surface area (Å²) in [6, 6.07) is 25.0. The zero-order valence-corrected chi connectivity index (χ0v) is 29.9. The van der Waals surface area contributed by atoms with Crippen molar-refractivity contribution in [1.82, 2.24) is 10.2 Å². The molecule has 4 rings (SSSR count). The second kappa shape index (κ2) is 16.9. The fraction of sp³-hybridized carbons (Fsp3) is 0.297. The van der Waals surface area contributed by atoms with Crippen molar-refractivity contribution in [3.63, 3.8) is 0 Å². The molecule has 2 amide bonds. The Morgan fingerprint density at radius 1 is 0.854 bits per heavy atom. The van der Waals surface area contributed by atoms with Gasteiger partial charge < -0.3 is 15.0 Å². The Hall–Kier alpha value is -4.05. The van der Waals surface area contributed by atoms with Gasteiger partial charge in [-0.25, -0.2) is 8.42 Å². The summed E-state index contributed by atoms with van der Waals surface area (Å²) < 4.78 is 35.4. The molecule has 8 nitrogen and oxygen atoms in total. The predicted molar refractivity (Wildman–Crippen MR) is 192 cm³/mol. The topological polar surface area (TPSA) is 96.0 Å². The van der Waals surface area contributed by atoms with Crippen molar-refractivity contribution in [3.8, 4) is 5.75 Å². The van der Waals surface area contributed by atoms with E-state index < -0.39 is 28.5 Å². The molecule has 0 aliphatic rings. The third kappa shape index (κ3) is 9.30. The normalized spacial score (nSPS) is 11.9. The third-order valence-corrected chi connectivity index (χ3v) is 10.4. The van der Waals surface area contributed by atoms with E-state index in [-0.39, 0.29) is 35.2 Å². The summed E-state index contributed by atoms with van der Waals surface area (Å²) in [5, 5.41) is 3.62. The van der Waals surface area contributed by atoms with E-state index in [4.69, 9.17) is 27.9 Å². The summed E-state index contributed by atoms with van der Waals surface area (Å²) in [5.41, 5.74) is 3.32. The molecule has 0 radical (unpaired) electrons. The number of rotatable bonds is 15. The minimum Gasteiger partial charge on any atom is -0.495 e. The zero-order valence-electron chi connectivity index (χ0n) is 27.6. The minimum absolute atomic E-state index is 0.0126. The number of hydrogen-bond acceptors (Lipinski definition) is 5. The molecule has 4 aromatic carbocycles. The molecule has 0 saturated heterocycles. The standard InChI is InChI=1S/C37H41Cl2N3O5S/c1-5-6-20-40-37(44)34(23-28-10-8-7-9-11-28)41(24-29-15-18-31(38)32(39)22-29)36(43)25-42(33-21-27(3)14-19-35(33)47-4)48(45,46)30-16-12-26(2)13-17-30/h7-19,21-22,34H,5-6,20,23-25H2,1-4H3,(H,40,44). The molecule has 11 heteroatoms. The minimum atomic E-state index is -4.29. The number of carbonyl (C=O) groups is 2. The van der Waals surface area contributed by atoms with Crippen molar-refractivity contribution >= 4 is 50.7 Å². The maximum Gasteiger partial charge on any atom is 0.264 e. The maximum atomic E-state index is 14.7. The molecule has 0 aliphatic carbocycles. The number of nitrogens with zero attached hydrogens (tertiary/aromatic N) is 2. The molecule has 0 heterocycles. The molecule has 48 heavy (non-hydrogen) atoms. The molecule has 0 fully saturated rings. The Kier molecular flexibility index (Phi) is 12.9. The van der Waals surface area contributed by atoms with E-state index in [1.165, 1.54) is 24.1 Å². The lowest BCUT2D eigenvalue weighted by atomic mass is 10.0. The first-order chi connectivity index (χ1) is 22.9. The average Bonchev–Trinajstić information content (AvgIpc) is 3.07. The van der Waals surface area contributed by atoms with Gasteiger partial charge in [0, 0.05) is 19.5 Å². The summed E-state index contributed by atoms with van der Waals surface area (Å²) in [5.74, 6) is -0.660. The summed E-state index contributed by atoms with van der Waals surface area (Å²) >= 11 is 12.6. The van der Waals surface area contributed by atoms with E-state index in [2.05, 4.69) is 5.32 Å². The highest BCUT2D eigenvalue weighted by Crippen LogP contribution is 2.34. The Balaban J connectivity index is 1.85. The van der Waals surface area contributed by atoms with Gasteiger partial charge in [-0.1, -0.05) is 96.7 Å². The molecule has 0 aromatic heterocycles. The van der Waals surface area contributed by atoms with Crippen LogP contribution in [0, 0.1) is 13.8 Å². The molecule has 4 aromatic rings. The molecule has 0 bridgehead atoms. The number of anilines is 1. The zero-order chi connectivity index (χ0) is 34.8. The lowest BCUT2D eigenvalue weighted by Gasteiger charge is -2.34. The molecule has 1 unspecified atom stereocenters. The number of sulfonamides is 1. The number of ether oxygens (including phenoxy) is 1. The van der Waals surface area contributed by atoms with Crippen LogP contribution in [0.3, 0.4) is 0 Å². The summed E-state index contributed by atoms with van der Waals surface area (Å²) in [6.07, 6.45) is 1.84. The van der Waals surface area contributed by atoms with Crippen molar-refractivity contribution in [2.75, 3.05) is 24.5 Å². The Morgan fingerprint density at radius 3 is 2.19 bits per heavy atom. The molecule has 1 N–H and O–H groups in total. The van der Waals surface area contributed by atoms with Gasteiger partial charge in [0.25, 0.3) is 10.0 Å². The van der Waals surface area contributed by atoms with Gasteiger partial charge in [-0.3, -0.25) is 13.9 Å². The van der Waals surface area contributed by atoms with Crippen LogP contribution in [0.15, 0.2) is 95.9 Å². The Bertz CT molecular complexity index is 1820. The lowest BCUT2D eigenvalue weighted by Crippen LogP contribution is -2.53. The van der Waals surface area contributed by atoms with Crippen LogP contribution in [0.2, 0.25) is 10.0 Å². The summed E-state index contributed by atoms with van der Waals surface area (Å²) in [4.78, 5) is 30.1. The molecule has 1 atom stereocenters. The number of unbranched alkanes of at least 4 members (excludes halogenated alkanes) is 1. The van der Waals surface area contributed by atoms with Gasteiger partial charge in [-0.05, 0) is 73.4 Å². The van der Waals surface area contributed by atoms with Crippen molar-refractivity contribution < 1.29 is 22.7 Å². The average molecular weight is 711 g/mol. The first kappa shape index (κ1) is 36.8. The highest BCUT2D eigenvalue weighted by Gasteiger charge is 2.35. The Labute approximate surface area is 293 Å². The molecule has 0 aliphatic heterocycles. The van der Waals surface area contributed by atoms with Crippen molar-refractivity contribution in [3.05, 3.63) is 123 Å². The number of aryl methyl sites for hydroxylation is 2. The highest BCUT2D eigenvalue weighted by atomic mass is 35.5. The van der Waals surface area contributed by atoms with Gasteiger partial charge >= 0.3 is 0 Å². The van der Waals surface area contributed by atoms with Gasteiger partial charge in [0.15, 0.2) is 0 Å². The lowest BCUT2D eigenvalue weighted by molar-refractivity contribution is -0.140. The first-order valence-corrected chi connectivity index (χ1v) is 17.9. The monoisotopic (exact) mass is 709 g/mol. The van der Waals surface area contributed by atoms with Gasteiger partial charge in [-0.2, -0.15) is 0 Å². The largest absolute Gasteiger partial charge is 0.495 e. The van der Waals surface area contributed by atoms with Crippen LogP contribution in [0.4, 0.5) is 5.69 Å². The molecule has 0 spiro atoms. The van der Waals surface area contributed by atoms with Crippen LogP contribution in [0.5, 0.6) is 5.75 Å². The second-order valence-electron chi connectivity index (χ2n) is 11.6. The number of halogens is 2. The number of methoxy groups -OCH3 is 1. The second-order valence-corrected chi connectivity index (χ2v) is 14.3. The van der Waals surface area contributed by atoms with Crippen LogP contribution < -0.4 is 14.4 Å². The van der Waals surface area contributed by atoms with Crippen LogP contribution >= 0.6 is 23.2 Å². The fourth-order valence-corrected chi connectivity index (χ4v) is 6.98. The number of nitrogens with one attached hydrogen (secondary N) is 1. The van der Waals surface area contributed by atoms with E-state index >= 15 is 0 Å². The number of benzene rings is 4. The molecular weight excluding hydrogens is 669 g/mol. The van der Waals surface area contributed by atoms with Crippen molar-refractivity contribution in [1.29, 1.82) is 0 Å². The first-order valence-electron chi connectivity index (χ1n) is 15.7. The SMILES string of the molecule is CCCCNC(=O)C(Cc1ccccc1)N(Cc1ccc(Cl)c(Cl)c1)C(=O)CN(c1cc(C)ccc1OC)S(=O)(=O)c1ccc(C)cc1. The number of hydrogen-bond donors (Lipinski definition) is 1. The maximum absolute atomic E-state index is 14.7. The predicted octanol–water partition coefficient (Wildman–Crippen LogP) is 7.37. The smallest absolute Gasteiger partial charge is 0.264 e. The van der Waals surface area contributed by atoms with Crippen molar-refractivity contribution in [2.24, 2.45) is 0 Å². The van der Waals surface area contributed by atoms with Crippen LogP contribution in [0.1, 0.15) is 42.0 Å². The van der Waals surface area contributed by atoms with E-state index in [1.54, 1.807) is 48.5 Å². The fourth-order valence-electron chi connectivity index (χ4n) is 5.24. The molecular formula is C37H41Cl2N3O5S. The van der Waals surface area contributed by atoms with Gasteiger partial charge in [0.1, 0.15) is 18.3 Å². The third-order valence-electron chi connectivity index (χ3n) is 7.93. The van der Waals surface area contributed by atoms with E-state index in [9.17, 15) is 18.0 Å². The van der Waals surface area contributed by atoms with E-state index in [0.29, 0.717) is 22.2 Å². The molecule has 254 valence electrons. The van der Waals surface area contributed by atoms with Crippen LogP contribution in [-0.4, -0.2) is 51.4 Å². The van der Waals surface area contributed by atoms with Crippen LogP contribution in [0.25, 0.3) is 0 Å². The van der Waals surface area contributed by atoms with E-state index in [0.717, 1.165) is 33.8 Å². The molecule has 0 saturated carbocycles. The number of carbonyl (C=O) groups excluding carboxylic acids is 2. The van der Waals surface area contributed by atoms with Gasteiger partial charge in [0.2, 0.25) is 11.8 Å². The summed E-state index contributed by atoms with van der Waals surface area (Å²) in [7, 11) is -2.85. The van der Waals surface area contributed by atoms with Gasteiger partial charge in [0.05, 0.1) is 27.7 Å². The highest BCUT2D eigenvalue weighted by molar-refractivity contribution is 7.92. The van der Waals surface area contributed by atoms with Crippen LogP contribution in [-0.2, 0) is 32.6 Å². The van der Waals surface area contributed by atoms with Gasteiger partial charge in [-0.15, -0.1) is 0 Å². The number of amides is 2.